The van der Waals surface area contributed by atoms with E-state index < -0.39 is 11.7 Å². The third-order valence-corrected chi connectivity index (χ3v) is 5.46. The first kappa shape index (κ1) is 21.1. The molecule has 1 N–H and O–H groups in total. The van der Waals surface area contributed by atoms with E-state index in [0.717, 1.165) is 32.0 Å². The van der Waals surface area contributed by atoms with Gasteiger partial charge in [-0.05, 0) is 56.5 Å². The summed E-state index contributed by atoms with van der Waals surface area (Å²) >= 11 is 0. The van der Waals surface area contributed by atoms with Gasteiger partial charge in [-0.2, -0.15) is 23.4 Å². The molecule has 4 rings (SSSR count). The summed E-state index contributed by atoms with van der Waals surface area (Å²) in [6.45, 7) is 2.08. The fraction of sp³-hybridized carbons (Fsp3) is 0.429. The van der Waals surface area contributed by atoms with Crippen LogP contribution in [0.2, 0.25) is 0 Å². The summed E-state index contributed by atoms with van der Waals surface area (Å²) in [6.07, 6.45) is -0.402. The van der Waals surface area contributed by atoms with Crippen molar-refractivity contribution in [3.8, 4) is 23.1 Å². The fourth-order valence-corrected chi connectivity index (χ4v) is 3.79. The van der Waals surface area contributed by atoms with Crippen molar-refractivity contribution in [2.24, 2.45) is 13.0 Å². The molecule has 0 spiro atoms. The third kappa shape index (κ3) is 4.46. The number of ether oxygens (including phenoxy) is 1. The van der Waals surface area contributed by atoms with E-state index in [4.69, 9.17) is 4.74 Å². The van der Waals surface area contributed by atoms with Gasteiger partial charge in [0.05, 0.1) is 18.5 Å². The second-order valence-electron chi connectivity index (χ2n) is 7.57. The summed E-state index contributed by atoms with van der Waals surface area (Å²) < 4.78 is 48.5. The van der Waals surface area contributed by atoms with Crippen molar-refractivity contribution >= 4 is 11.2 Å². The summed E-state index contributed by atoms with van der Waals surface area (Å²) in [7, 11) is 1.69. The van der Waals surface area contributed by atoms with Gasteiger partial charge >= 0.3 is 6.18 Å². The number of nitriles is 1. The first-order chi connectivity index (χ1) is 14.9. The lowest BCUT2D eigenvalue weighted by molar-refractivity contribution is -0.138. The number of piperidine rings is 1. The monoisotopic (exact) mass is 430 g/mol. The molecule has 1 aromatic carbocycles. The SMILES string of the molecule is Cn1cnc2c(-c3ccc(OCCC4CCNCC4)c(C(F)(F)F)c3)nc(C#N)nc21. The van der Waals surface area contributed by atoms with E-state index in [0.29, 0.717) is 23.5 Å². The number of rotatable bonds is 5. The number of nitrogens with zero attached hydrogens (tertiary/aromatic N) is 5. The van der Waals surface area contributed by atoms with Crippen LogP contribution in [-0.2, 0) is 13.2 Å². The molecular formula is C21H21F3N6O. The van der Waals surface area contributed by atoms with Gasteiger partial charge in [0.15, 0.2) is 5.65 Å². The van der Waals surface area contributed by atoms with Crippen LogP contribution in [0.5, 0.6) is 5.75 Å². The van der Waals surface area contributed by atoms with Gasteiger partial charge in [0.1, 0.15) is 23.0 Å². The zero-order valence-electron chi connectivity index (χ0n) is 16.9. The van der Waals surface area contributed by atoms with E-state index >= 15 is 0 Å². The van der Waals surface area contributed by atoms with E-state index in [2.05, 4.69) is 20.3 Å². The van der Waals surface area contributed by atoms with Crippen LogP contribution in [0.1, 0.15) is 30.7 Å². The highest BCUT2D eigenvalue weighted by atomic mass is 19.4. The standard InChI is InChI=1S/C21H21F3N6O/c1-30-12-27-19-18(28-17(11-25)29-20(19)30)14-2-3-16(15(10-14)21(22,23)24)31-9-6-13-4-7-26-8-5-13/h2-3,10,12-13,26H,4-9H2,1H3. The van der Waals surface area contributed by atoms with Crippen LogP contribution in [0.25, 0.3) is 22.4 Å². The van der Waals surface area contributed by atoms with Gasteiger partial charge in [0.25, 0.3) is 0 Å². The van der Waals surface area contributed by atoms with Crippen molar-refractivity contribution < 1.29 is 17.9 Å². The summed E-state index contributed by atoms with van der Waals surface area (Å²) in [6, 6.07) is 5.66. The van der Waals surface area contributed by atoms with Crippen LogP contribution in [0.15, 0.2) is 24.5 Å². The van der Waals surface area contributed by atoms with Crippen LogP contribution < -0.4 is 10.1 Å². The van der Waals surface area contributed by atoms with Crippen LogP contribution in [-0.4, -0.2) is 39.2 Å². The lowest BCUT2D eigenvalue weighted by Gasteiger charge is -2.23. The molecule has 1 aliphatic rings. The Labute approximate surface area is 176 Å². The Morgan fingerprint density at radius 3 is 2.74 bits per heavy atom. The molecule has 3 aromatic rings. The van der Waals surface area contributed by atoms with Crippen molar-refractivity contribution in [3.63, 3.8) is 0 Å². The minimum Gasteiger partial charge on any atom is -0.493 e. The number of halogens is 3. The number of benzene rings is 1. The van der Waals surface area contributed by atoms with Crippen LogP contribution in [0, 0.1) is 17.2 Å². The average molecular weight is 430 g/mol. The quantitative estimate of drug-likeness (QED) is 0.664. The minimum atomic E-state index is -4.60. The molecule has 0 saturated carbocycles. The molecule has 2 aromatic heterocycles. The zero-order valence-corrected chi connectivity index (χ0v) is 16.9. The van der Waals surface area contributed by atoms with Gasteiger partial charge in [-0.15, -0.1) is 0 Å². The zero-order chi connectivity index (χ0) is 22.0. The molecule has 1 saturated heterocycles. The molecule has 0 atom stereocenters. The van der Waals surface area contributed by atoms with Crippen molar-refractivity contribution in [3.05, 3.63) is 35.9 Å². The molecule has 0 radical (unpaired) electrons. The maximum atomic E-state index is 13.8. The predicted molar refractivity (Wildman–Crippen MR) is 107 cm³/mol. The Morgan fingerprint density at radius 1 is 1.26 bits per heavy atom. The van der Waals surface area contributed by atoms with E-state index in [1.165, 1.54) is 18.5 Å². The van der Waals surface area contributed by atoms with Crippen molar-refractivity contribution in [1.82, 2.24) is 24.8 Å². The van der Waals surface area contributed by atoms with Gasteiger partial charge in [0, 0.05) is 12.6 Å². The molecule has 1 fully saturated rings. The first-order valence-electron chi connectivity index (χ1n) is 10.0. The highest BCUT2D eigenvalue weighted by Crippen LogP contribution is 2.39. The third-order valence-electron chi connectivity index (χ3n) is 5.46. The summed E-state index contributed by atoms with van der Waals surface area (Å²) in [5.74, 6) is 0.108. The topological polar surface area (TPSA) is 88.6 Å². The van der Waals surface area contributed by atoms with Crippen LogP contribution in [0.4, 0.5) is 13.2 Å². The van der Waals surface area contributed by atoms with Gasteiger partial charge in [0.2, 0.25) is 5.82 Å². The minimum absolute atomic E-state index is 0.137. The number of aromatic nitrogens is 4. The summed E-state index contributed by atoms with van der Waals surface area (Å²) in [5.41, 5.74) is 0.192. The Bertz CT molecular complexity index is 1130. The summed E-state index contributed by atoms with van der Waals surface area (Å²) in [4.78, 5) is 12.4. The second kappa shape index (κ2) is 8.51. The largest absolute Gasteiger partial charge is 0.493 e. The molecule has 162 valence electrons. The Hall–Kier alpha value is -3.19. The number of alkyl halides is 3. The number of aryl methyl sites for hydroxylation is 1. The van der Waals surface area contributed by atoms with Crippen molar-refractivity contribution in [2.75, 3.05) is 19.7 Å². The Morgan fingerprint density at radius 2 is 2.03 bits per heavy atom. The van der Waals surface area contributed by atoms with Gasteiger partial charge < -0.3 is 14.6 Å². The molecule has 3 heterocycles. The fourth-order valence-electron chi connectivity index (χ4n) is 3.79. The molecule has 1 aliphatic heterocycles. The molecule has 0 aliphatic carbocycles. The molecule has 0 bridgehead atoms. The lowest BCUT2D eigenvalue weighted by Crippen LogP contribution is -2.28. The van der Waals surface area contributed by atoms with Gasteiger partial charge in [-0.25, -0.2) is 9.97 Å². The van der Waals surface area contributed by atoms with Crippen molar-refractivity contribution in [1.29, 1.82) is 5.26 Å². The maximum absolute atomic E-state index is 13.8. The second-order valence-corrected chi connectivity index (χ2v) is 7.57. The van der Waals surface area contributed by atoms with Gasteiger partial charge in [-0.1, -0.05) is 0 Å². The first-order valence-corrected chi connectivity index (χ1v) is 10.0. The van der Waals surface area contributed by atoms with E-state index in [1.54, 1.807) is 11.6 Å². The highest BCUT2D eigenvalue weighted by Gasteiger charge is 2.35. The molecule has 0 amide bonds. The molecule has 0 unspecified atom stereocenters. The molecule has 31 heavy (non-hydrogen) atoms. The van der Waals surface area contributed by atoms with E-state index in [1.807, 2.05) is 6.07 Å². The van der Waals surface area contributed by atoms with Gasteiger partial charge in [-0.3, -0.25) is 0 Å². The smallest absolute Gasteiger partial charge is 0.419 e. The normalized spacial score (nSPS) is 15.2. The number of hydrogen-bond donors (Lipinski definition) is 1. The maximum Gasteiger partial charge on any atom is 0.419 e. The van der Waals surface area contributed by atoms with E-state index in [-0.39, 0.29) is 29.4 Å². The van der Waals surface area contributed by atoms with E-state index in [9.17, 15) is 18.4 Å². The predicted octanol–water partition coefficient (Wildman–Crippen LogP) is 3.69. The highest BCUT2D eigenvalue weighted by molar-refractivity contribution is 5.88. The Kier molecular flexibility index (Phi) is 5.78. The number of imidazole rings is 1. The number of fused-ring (bicyclic) bond motifs is 1. The molecule has 10 heteroatoms. The van der Waals surface area contributed by atoms with Crippen molar-refractivity contribution in [2.45, 2.75) is 25.4 Å². The molecular weight excluding hydrogens is 409 g/mol. The number of nitrogens with one attached hydrogen (secondary N) is 1. The summed E-state index contributed by atoms with van der Waals surface area (Å²) in [5, 5.41) is 12.5. The Balaban J connectivity index is 1.66. The average Bonchev–Trinajstić information content (AvgIpc) is 3.14. The van der Waals surface area contributed by atoms with Crippen LogP contribution >= 0.6 is 0 Å². The lowest BCUT2D eigenvalue weighted by atomic mass is 9.95. The molecule has 7 nitrogen and oxygen atoms in total. The number of hydrogen-bond acceptors (Lipinski definition) is 6. The van der Waals surface area contributed by atoms with Crippen LogP contribution in [0.3, 0.4) is 0 Å².